The molecular formula is C18H19Cl2NO2. The van der Waals surface area contributed by atoms with Crippen LogP contribution >= 0.6 is 24.0 Å². The van der Waals surface area contributed by atoms with Crippen molar-refractivity contribution in [2.75, 3.05) is 6.61 Å². The molecule has 0 amide bonds. The van der Waals surface area contributed by atoms with Gasteiger partial charge in [-0.15, -0.1) is 12.4 Å². The molecule has 0 bridgehead atoms. The summed E-state index contributed by atoms with van der Waals surface area (Å²) in [5.74, 6) is -0.418. The number of carbonyl (C=O) groups is 1. The first-order chi connectivity index (χ1) is 10.6. The van der Waals surface area contributed by atoms with Crippen molar-refractivity contribution < 1.29 is 9.53 Å². The molecule has 1 unspecified atom stereocenters. The number of benzene rings is 2. The van der Waals surface area contributed by atoms with Gasteiger partial charge in [-0.3, -0.25) is 4.79 Å². The monoisotopic (exact) mass is 351 g/mol. The summed E-state index contributed by atoms with van der Waals surface area (Å²) in [5.41, 5.74) is 8.93. The smallest absolute Gasteiger partial charge is 0.323 e. The van der Waals surface area contributed by atoms with Gasteiger partial charge in [-0.25, -0.2) is 0 Å². The molecule has 2 rings (SSSR count). The Morgan fingerprint density at radius 1 is 1.22 bits per heavy atom. The molecule has 0 saturated carbocycles. The van der Waals surface area contributed by atoms with Crippen LogP contribution in [-0.4, -0.2) is 18.6 Å². The van der Waals surface area contributed by atoms with Crippen LogP contribution in [0.5, 0.6) is 0 Å². The molecule has 122 valence electrons. The fourth-order valence-corrected chi connectivity index (χ4v) is 2.28. The van der Waals surface area contributed by atoms with E-state index in [0.29, 0.717) is 11.4 Å². The lowest BCUT2D eigenvalue weighted by Crippen LogP contribution is -2.34. The molecule has 5 heteroatoms. The van der Waals surface area contributed by atoms with Crippen LogP contribution in [-0.2, 0) is 16.0 Å². The van der Waals surface area contributed by atoms with Gasteiger partial charge in [-0.1, -0.05) is 60.7 Å². The van der Waals surface area contributed by atoms with Crippen molar-refractivity contribution in [2.24, 2.45) is 5.73 Å². The molecule has 1 atom stereocenters. The fourth-order valence-electron chi connectivity index (χ4n) is 2.09. The standard InChI is InChI=1S/C18H18ClNO2.ClH/c1-2-10-22-18(21)17(20)11-13-6-8-14(9-7-13)15-4-3-5-16(19)12-15;/h2-9,12,17H,1,10-11,20H2;1H. The number of halogens is 2. The first-order valence-electron chi connectivity index (χ1n) is 6.98. The molecule has 0 saturated heterocycles. The van der Waals surface area contributed by atoms with Crippen molar-refractivity contribution in [3.8, 4) is 11.1 Å². The first-order valence-corrected chi connectivity index (χ1v) is 7.36. The van der Waals surface area contributed by atoms with E-state index in [1.807, 2.05) is 48.5 Å². The van der Waals surface area contributed by atoms with Crippen molar-refractivity contribution in [2.45, 2.75) is 12.5 Å². The molecule has 0 aliphatic rings. The van der Waals surface area contributed by atoms with E-state index in [1.165, 1.54) is 6.08 Å². The zero-order valence-electron chi connectivity index (χ0n) is 12.6. The van der Waals surface area contributed by atoms with Gasteiger partial charge >= 0.3 is 5.97 Å². The molecule has 2 N–H and O–H groups in total. The van der Waals surface area contributed by atoms with E-state index < -0.39 is 12.0 Å². The molecule has 0 fully saturated rings. The number of carbonyl (C=O) groups excluding carboxylic acids is 1. The van der Waals surface area contributed by atoms with Crippen molar-refractivity contribution in [1.29, 1.82) is 0 Å². The van der Waals surface area contributed by atoms with Crippen molar-refractivity contribution in [3.05, 3.63) is 71.8 Å². The Morgan fingerprint density at radius 3 is 2.52 bits per heavy atom. The Labute approximate surface area is 147 Å². The van der Waals surface area contributed by atoms with Crippen LogP contribution in [0, 0.1) is 0 Å². The Morgan fingerprint density at radius 2 is 1.91 bits per heavy atom. The SMILES string of the molecule is C=CCOC(=O)C(N)Cc1ccc(-c2cccc(Cl)c2)cc1.Cl. The van der Waals surface area contributed by atoms with Gasteiger partial charge < -0.3 is 10.5 Å². The van der Waals surface area contributed by atoms with Gasteiger partial charge in [-0.05, 0) is 35.2 Å². The van der Waals surface area contributed by atoms with E-state index in [9.17, 15) is 4.79 Å². The van der Waals surface area contributed by atoms with E-state index >= 15 is 0 Å². The van der Waals surface area contributed by atoms with Gasteiger partial charge in [0.1, 0.15) is 12.6 Å². The normalized spacial score (nSPS) is 11.2. The summed E-state index contributed by atoms with van der Waals surface area (Å²) in [5, 5.41) is 0.702. The summed E-state index contributed by atoms with van der Waals surface area (Å²) in [4.78, 5) is 11.6. The highest BCUT2D eigenvalue weighted by atomic mass is 35.5. The third kappa shape index (κ3) is 5.71. The lowest BCUT2D eigenvalue weighted by molar-refractivity contribution is -0.143. The second-order valence-electron chi connectivity index (χ2n) is 4.94. The number of hydrogen-bond donors (Lipinski definition) is 1. The molecule has 23 heavy (non-hydrogen) atoms. The molecule has 0 aromatic heterocycles. The molecule has 2 aromatic rings. The van der Waals surface area contributed by atoms with Crippen molar-refractivity contribution >= 4 is 30.0 Å². The second-order valence-corrected chi connectivity index (χ2v) is 5.37. The Kier molecular flexibility index (Phi) is 7.83. The minimum Gasteiger partial charge on any atom is -0.460 e. The minimum absolute atomic E-state index is 0. The highest BCUT2D eigenvalue weighted by Crippen LogP contribution is 2.23. The molecule has 2 aromatic carbocycles. The molecule has 0 radical (unpaired) electrons. The number of rotatable bonds is 6. The molecule has 0 spiro atoms. The maximum absolute atomic E-state index is 11.6. The van der Waals surface area contributed by atoms with Crippen LogP contribution in [0.3, 0.4) is 0 Å². The van der Waals surface area contributed by atoms with Gasteiger partial charge in [0.05, 0.1) is 0 Å². The third-order valence-corrected chi connectivity index (χ3v) is 3.45. The van der Waals surface area contributed by atoms with Crippen LogP contribution in [0.4, 0.5) is 0 Å². The van der Waals surface area contributed by atoms with Crippen LogP contribution in [0.15, 0.2) is 61.2 Å². The van der Waals surface area contributed by atoms with E-state index in [0.717, 1.165) is 16.7 Å². The summed E-state index contributed by atoms with van der Waals surface area (Å²) in [7, 11) is 0. The molecule has 0 heterocycles. The summed E-state index contributed by atoms with van der Waals surface area (Å²) in [6.45, 7) is 3.67. The van der Waals surface area contributed by atoms with Crippen LogP contribution in [0.2, 0.25) is 5.02 Å². The summed E-state index contributed by atoms with van der Waals surface area (Å²) < 4.78 is 4.93. The first kappa shape index (κ1) is 19.2. The fraction of sp³-hybridized carbons (Fsp3) is 0.167. The van der Waals surface area contributed by atoms with E-state index in [4.69, 9.17) is 22.1 Å². The number of hydrogen-bond acceptors (Lipinski definition) is 3. The van der Waals surface area contributed by atoms with Gasteiger partial charge in [0, 0.05) is 5.02 Å². The van der Waals surface area contributed by atoms with E-state index in [2.05, 4.69) is 6.58 Å². The number of ether oxygens (including phenoxy) is 1. The Hall–Kier alpha value is -1.81. The zero-order chi connectivity index (χ0) is 15.9. The summed E-state index contributed by atoms with van der Waals surface area (Å²) in [6, 6.07) is 14.9. The Bertz CT molecular complexity index is 656. The van der Waals surface area contributed by atoms with Crippen LogP contribution in [0.1, 0.15) is 5.56 Å². The highest BCUT2D eigenvalue weighted by Gasteiger charge is 2.15. The lowest BCUT2D eigenvalue weighted by atomic mass is 10.0. The quantitative estimate of drug-likeness (QED) is 0.631. The van der Waals surface area contributed by atoms with Gasteiger partial charge in [-0.2, -0.15) is 0 Å². The maximum atomic E-state index is 11.6. The lowest BCUT2D eigenvalue weighted by Gasteiger charge is -2.11. The second kappa shape index (κ2) is 9.36. The topological polar surface area (TPSA) is 52.3 Å². The zero-order valence-corrected chi connectivity index (χ0v) is 14.1. The average Bonchev–Trinajstić information content (AvgIpc) is 2.53. The van der Waals surface area contributed by atoms with E-state index in [1.54, 1.807) is 0 Å². The molecular weight excluding hydrogens is 333 g/mol. The summed E-state index contributed by atoms with van der Waals surface area (Å²) in [6.07, 6.45) is 1.95. The Balaban J connectivity index is 0.00000264. The highest BCUT2D eigenvalue weighted by molar-refractivity contribution is 6.30. The molecule has 3 nitrogen and oxygen atoms in total. The third-order valence-electron chi connectivity index (χ3n) is 3.21. The predicted molar refractivity (Wildman–Crippen MR) is 97.0 cm³/mol. The number of esters is 1. The van der Waals surface area contributed by atoms with E-state index in [-0.39, 0.29) is 19.0 Å². The van der Waals surface area contributed by atoms with Gasteiger partial charge in [0.15, 0.2) is 0 Å². The maximum Gasteiger partial charge on any atom is 0.323 e. The van der Waals surface area contributed by atoms with Crippen molar-refractivity contribution in [3.63, 3.8) is 0 Å². The van der Waals surface area contributed by atoms with Crippen molar-refractivity contribution in [1.82, 2.24) is 0 Å². The minimum atomic E-state index is -0.669. The van der Waals surface area contributed by atoms with Crippen LogP contribution < -0.4 is 5.73 Å². The average molecular weight is 352 g/mol. The molecule has 0 aliphatic heterocycles. The van der Waals surface area contributed by atoms with Crippen LogP contribution in [0.25, 0.3) is 11.1 Å². The predicted octanol–water partition coefficient (Wildman–Crippen LogP) is 4.03. The summed E-state index contributed by atoms with van der Waals surface area (Å²) >= 11 is 6.00. The van der Waals surface area contributed by atoms with Gasteiger partial charge in [0.2, 0.25) is 0 Å². The van der Waals surface area contributed by atoms with Gasteiger partial charge in [0.25, 0.3) is 0 Å². The molecule has 0 aliphatic carbocycles. The largest absolute Gasteiger partial charge is 0.460 e. The number of nitrogens with two attached hydrogens (primary N) is 1.